The predicted octanol–water partition coefficient (Wildman–Crippen LogP) is 2.75. The highest BCUT2D eigenvalue weighted by Gasteiger charge is 2.18. The lowest BCUT2D eigenvalue weighted by Crippen LogP contribution is -2.15. The maximum atomic E-state index is 5.56. The summed E-state index contributed by atoms with van der Waals surface area (Å²) >= 11 is 1.81. The Bertz CT molecular complexity index is 476. The maximum Gasteiger partial charge on any atom is 0.163 e. The van der Waals surface area contributed by atoms with Gasteiger partial charge in [-0.1, -0.05) is 18.7 Å². The predicted molar refractivity (Wildman–Crippen MR) is 75.0 cm³/mol. The third-order valence-electron chi connectivity index (χ3n) is 2.97. The highest BCUT2D eigenvalue weighted by atomic mass is 32.2. The standard InChI is InChI=1S/C13H16N2O2S/c1-2-10-8-14-13(18-10)15-9-3-4-11-12(7-9)17-6-5-16-11/h3-4,7,10H,2,5-6,8H2,1H3,(H,14,15). The highest BCUT2D eigenvalue weighted by Crippen LogP contribution is 2.33. The topological polar surface area (TPSA) is 42.9 Å². The van der Waals surface area contributed by atoms with Crippen molar-refractivity contribution in [3.63, 3.8) is 0 Å². The molecule has 0 saturated carbocycles. The van der Waals surface area contributed by atoms with E-state index in [0.717, 1.165) is 35.3 Å². The van der Waals surface area contributed by atoms with Crippen LogP contribution < -0.4 is 14.8 Å². The number of anilines is 1. The van der Waals surface area contributed by atoms with Crippen molar-refractivity contribution in [2.45, 2.75) is 18.6 Å². The van der Waals surface area contributed by atoms with Crippen LogP contribution >= 0.6 is 11.8 Å². The number of nitrogens with zero attached hydrogens (tertiary/aromatic N) is 1. The summed E-state index contributed by atoms with van der Waals surface area (Å²) in [4.78, 5) is 4.49. The third-order valence-corrected chi connectivity index (χ3v) is 4.24. The summed E-state index contributed by atoms with van der Waals surface area (Å²) in [5.74, 6) is 1.63. The van der Waals surface area contributed by atoms with Gasteiger partial charge >= 0.3 is 0 Å². The van der Waals surface area contributed by atoms with Gasteiger partial charge in [0.05, 0.1) is 6.54 Å². The van der Waals surface area contributed by atoms with Gasteiger partial charge in [-0.3, -0.25) is 4.99 Å². The summed E-state index contributed by atoms with van der Waals surface area (Å²) in [5.41, 5.74) is 1.00. The molecule has 0 amide bonds. The van der Waals surface area contributed by atoms with Gasteiger partial charge in [-0.2, -0.15) is 0 Å². The quantitative estimate of drug-likeness (QED) is 0.892. The summed E-state index contributed by atoms with van der Waals surface area (Å²) in [6, 6.07) is 5.90. The smallest absolute Gasteiger partial charge is 0.163 e. The summed E-state index contributed by atoms with van der Waals surface area (Å²) in [5, 5.41) is 4.95. The molecule has 0 fully saturated rings. The molecule has 0 aromatic heterocycles. The molecule has 2 aliphatic rings. The van der Waals surface area contributed by atoms with Crippen molar-refractivity contribution in [2.75, 3.05) is 25.1 Å². The van der Waals surface area contributed by atoms with Crippen LogP contribution in [0.5, 0.6) is 11.5 Å². The van der Waals surface area contributed by atoms with Crippen LogP contribution in [0.3, 0.4) is 0 Å². The minimum absolute atomic E-state index is 0.615. The van der Waals surface area contributed by atoms with Gasteiger partial charge in [0.25, 0.3) is 0 Å². The fraction of sp³-hybridized carbons (Fsp3) is 0.462. The van der Waals surface area contributed by atoms with Crippen LogP contribution in [-0.2, 0) is 0 Å². The Morgan fingerprint density at radius 2 is 2.17 bits per heavy atom. The van der Waals surface area contributed by atoms with Crippen molar-refractivity contribution >= 4 is 22.6 Å². The number of aliphatic imine (C=N–C) groups is 1. The van der Waals surface area contributed by atoms with Crippen molar-refractivity contribution in [3.8, 4) is 11.5 Å². The summed E-state index contributed by atoms with van der Waals surface area (Å²) in [6.45, 7) is 4.35. The Kier molecular flexibility index (Phi) is 3.32. The Balaban J connectivity index is 1.70. The van der Waals surface area contributed by atoms with Gasteiger partial charge < -0.3 is 14.8 Å². The van der Waals surface area contributed by atoms with Crippen LogP contribution in [0.2, 0.25) is 0 Å². The molecule has 5 heteroatoms. The molecule has 1 aromatic carbocycles. The van der Waals surface area contributed by atoms with Gasteiger partial charge in [0.2, 0.25) is 0 Å². The fourth-order valence-corrected chi connectivity index (χ4v) is 2.90. The molecule has 2 heterocycles. The molecular weight excluding hydrogens is 248 g/mol. The molecule has 2 aliphatic heterocycles. The molecule has 1 N–H and O–H groups in total. The number of benzene rings is 1. The van der Waals surface area contributed by atoms with Crippen LogP contribution in [-0.4, -0.2) is 30.2 Å². The van der Waals surface area contributed by atoms with E-state index in [0.29, 0.717) is 18.5 Å². The Hall–Kier alpha value is -1.36. The zero-order chi connectivity index (χ0) is 12.4. The van der Waals surface area contributed by atoms with Gasteiger partial charge in [-0.25, -0.2) is 0 Å². The number of hydrogen-bond acceptors (Lipinski definition) is 5. The van der Waals surface area contributed by atoms with Crippen LogP contribution in [0.15, 0.2) is 23.2 Å². The van der Waals surface area contributed by atoms with E-state index in [1.54, 1.807) is 0 Å². The van der Waals surface area contributed by atoms with Crippen LogP contribution in [0.4, 0.5) is 5.69 Å². The van der Waals surface area contributed by atoms with E-state index in [9.17, 15) is 0 Å². The number of ether oxygens (including phenoxy) is 2. The van der Waals surface area contributed by atoms with E-state index in [-0.39, 0.29) is 0 Å². The monoisotopic (exact) mass is 264 g/mol. The Morgan fingerprint density at radius 1 is 1.33 bits per heavy atom. The van der Waals surface area contributed by atoms with Crippen molar-refractivity contribution in [3.05, 3.63) is 18.2 Å². The minimum Gasteiger partial charge on any atom is -0.486 e. The minimum atomic E-state index is 0.615. The Labute approximate surface area is 111 Å². The number of amidine groups is 1. The molecule has 1 aromatic rings. The molecule has 4 nitrogen and oxygen atoms in total. The second-order valence-electron chi connectivity index (χ2n) is 4.28. The number of nitrogens with one attached hydrogen (secondary N) is 1. The summed E-state index contributed by atoms with van der Waals surface area (Å²) in [7, 11) is 0. The first kappa shape index (κ1) is 11.7. The molecule has 0 saturated heterocycles. The lowest BCUT2D eigenvalue weighted by atomic mass is 10.2. The summed E-state index contributed by atoms with van der Waals surface area (Å²) < 4.78 is 11.1. The van der Waals surface area contributed by atoms with Gasteiger partial charge in [0, 0.05) is 17.0 Å². The van der Waals surface area contributed by atoms with Gasteiger partial charge in [0.1, 0.15) is 13.2 Å². The molecule has 3 rings (SSSR count). The first-order chi connectivity index (χ1) is 8.85. The zero-order valence-electron chi connectivity index (χ0n) is 10.3. The molecule has 96 valence electrons. The van der Waals surface area contributed by atoms with Crippen molar-refractivity contribution in [1.29, 1.82) is 0 Å². The zero-order valence-corrected chi connectivity index (χ0v) is 11.1. The molecular formula is C13H16N2O2S. The second kappa shape index (κ2) is 5.10. The third kappa shape index (κ3) is 2.41. The van der Waals surface area contributed by atoms with Crippen LogP contribution in [0.25, 0.3) is 0 Å². The first-order valence-electron chi connectivity index (χ1n) is 6.23. The van der Waals surface area contributed by atoms with E-state index < -0.39 is 0 Å². The highest BCUT2D eigenvalue weighted by molar-refractivity contribution is 8.15. The van der Waals surface area contributed by atoms with Crippen molar-refractivity contribution in [1.82, 2.24) is 0 Å². The molecule has 18 heavy (non-hydrogen) atoms. The van der Waals surface area contributed by atoms with Crippen molar-refractivity contribution in [2.24, 2.45) is 4.99 Å². The SMILES string of the molecule is CCC1CN=C(Nc2ccc3c(c2)OCCO3)S1. The molecule has 0 spiro atoms. The number of rotatable bonds is 2. The largest absolute Gasteiger partial charge is 0.486 e. The van der Waals surface area contributed by atoms with Crippen molar-refractivity contribution < 1.29 is 9.47 Å². The average Bonchev–Trinajstić information content (AvgIpc) is 2.86. The normalized spacial score (nSPS) is 21.6. The van der Waals surface area contributed by atoms with Gasteiger partial charge in [0.15, 0.2) is 16.7 Å². The fourth-order valence-electron chi connectivity index (χ4n) is 1.94. The molecule has 0 bridgehead atoms. The van der Waals surface area contributed by atoms with Gasteiger partial charge in [-0.15, -0.1) is 0 Å². The first-order valence-corrected chi connectivity index (χ1v) is 7.11. The van der Waals surface area contributed by atoms with E-state index in [4.69, 9.17) is 9.47 Å². The lowest BCUT2D eigenvalue weighted by Gasteiger charge is -2.19. The number of hydrogen-bond donors (Lipinski definition) is 1. The average molecular weight is 264 g/mol. The van der Waals surface area contributed by atoms with E-state index >= 15 is 0 Å². The number of thioether (sulfide) groups is 1. The molecule has 0 radical (unpaired) electrons. The van der Waals surface area contributed by atoms with E-state index in [2.05, 4.69) is 17.2 Å². The lowest BCUT2D eigenvalue weighted by molar-refractivity contribution is 0.171. The summed E-state index contributed by atoms with van der Waals surface area (Å²) in [6.07, 6.45) is 1.15. The van der Waals surface area contributed by atoms with Crippen LogP contribution in [0.1, 0.15) is 13.3 Å². The van der Waals surface area contributed by atoms with Crippen LogP contribution in [0, 0.1) is 0 Å². The molecule has 0 aliphatic carbocycles. The second-order valence-corrected chi connectivity index (χ2v) is 5.57. The molecule has 1 unspecified atom stereocenters. The van der Waals surface area contributed by atoms with E-state index in [1.807, 2.05) is 30.0 Å². The van der Waals surface area contributed by atoms with E-state index in [1.165, 1.54) is 0 Å². The number of fused-ring (bicyclic) bond motifs is 1. The molecule has 1 atom stereocenters. The van der Waals surface area contributed by atoms with Gasteiger partial charge in [-0.05, 0) is 18.6 Å². The Morgan fingerprint density at radius 3 is 2.94 bits per heavy atom. The maximum absolute atomic E-state index is 5.56.